The number of aryl methyl sites for hydroxylation is 1. The average molecular weight is 277 g/mol. The second kappa shape index (κ2) is 5.33. The zero-order chi connectivity index (χ0) is 14.0. The summed E-state index contributed by atoms with van der Waals surface area (Å²) in [6.07, 6.45) is 0. The van der Waals surface area contributed by atoms with Gasteiger partial charge in [-0.3, -0.25) is 0 Å². The van der Waals surface area contributed by atoms with Crippen molar-refractivity contribution in [3.63, 3.8) is 0 Å². The number of hydrogen-bond donors (Lipinski definition) is 1. The Kier molecular flexibility index (Phi) is 3.76. The summed E-state index contributed by atoms with van der Waals surface area (Å²) >= 11 is 5.92. The van der Waals surface area contributed by atoms with Crippen molar-refractivity contribution in [2.75, 3.05) is 7.11 Å². The molecular weight excluding hydrogens is 264 g/mol. The number of carbonyl (C=O) groups is 1. The Morgan fingerprint density at radius 3 is 2.53 bits per heavy atom. The van der Waals surface area contributed by atoms with Gasteiger partial charge in [0.2, 0.25) is 0 Å². The van der Waals surface area contributed by atoms with E-state index in [4.69, 9.17) is 16.3 Å². The molecule has 2 rings (SSSR count). The summed E-state index contributed by atoms with van der Waals surface area (Å²) < 4.78 is 5.04. The quantitative estimate of drug-likeness (QED) is 0.921. The molecule has 2 aromatic rings. The highest BCUT2D eigenvalue weighted by Crippen LogP contribution is 2.30. The van der Waals surface area contributed by atoms with Crippen molar-refractivity contribution in [3.8, 4) is 16.9 Å². The van der Waals surface area contributed by atoms with Crippen molar-refractivity contribution < 1.29 is 14.6 Å². The van der Waals surface area contributed by atoms with E-state index in [0.717, 1.165) is 16.7 Å². The highest BCUT2D eigenvalue weighted by atomic mass is 35.5. The molecule has 0 radical (unpaired) electrons. The summed E-state index contributed by atoms with van der Waals surface area (Å²) in [7, 11) is 1.45. The molecule has 4 heteroatoms. The minimum atomic E-state index is -1.01. The lowest BCUT2D eigenvalue weighted by Crippen LogP contribution is -2.00. The fourth-order valence-corrected chi connectivity index (χ4v) is 2.22. The smallest absolute Gasteiger partial charge is 0.339 e. The molecule has 0 bridgehead atoms. The summed E-state index contributed by atoms with van der Waals surface area (Å²) in [5.41, 5.74) is 2.92. The standard InChI is InChI=1S/C15H13ClO3/c1-9-7-11(16)4-5-12(9)10-3-6-14(19-2)13(8-10)15(17)18/h3-8H,1-2H3,(H,17,18). The Balaban J connectivity index is 2.57. The maximum absolute atomic E-state index is 11.2. The molecule has 98 valence electrons. The molecule has 0 aliphatic carbocycles. The fourth-order valence-electron chi connectivity index (χ4n) is 1.99. The Hall–Kier alpha value is -2.00. The van der Waals surface area contributed by atoms with Gasteiger partial charge >= 0.3 is 5.97 Å². The normalized spacial score (nSPS) is 10.3. The second-order valence-electron chi connectivity index (χ2n) is 4.18. The van der Waals surface area contributed by atoms with Crippen molar-refractivity contribution in [2.45, 2.75) is 6.92 Å². The van der Waals surface area contributed by atoms with Gasteiger partial charge in [-0.05, 0) is 47.9 Å². The highest BCUT2D eigenvalue weighted by Gasteiger charge is 2.13. The first-order chi connectivity index (χ1) is 9.02. The third kappa shape index (κ3) is 2.71. The van der Waals surface area contributed by atoms with Gasteiger partial charge in [0.1, 0.15) is 11.3 Å². The molecule has 0 atom stereocenters. The molecule has 0 spiro atoms. The summed E-state index contributed by atoms with van der Waals surface area (Å²) in [5.74, 6) is -0.659. The van der Waals surface area contributed by atoms with Crippen molar-refractivity contribution in [1.82, 2.24) is 0 Å². The van der Waals surface area contributed by atoms with Crippen LogP contribution in [-0.4, -0.2) is 18.2 Å². The Bertz CT molecular complexity index is 635. The van der Waals surface area contributed by atoms with E-state index in [-0.39, 0.29) is 5.56 Å². The molecule has 0 fully saturated rings. The Labute approximate surface area is 116 Å². The number of benzene rings is 2. The van der Waals surface area contributed by atoms with Gasteiger partial charge in [-0.1, -0.05) is 23.7 Å². The summed E-state index contributed by atoms with van der Waals surface area (Å²) in [5, 5.41) is 9.84. The molecule has 2 aromatic carbocycles. The first kappa shape index (κ1) is 13.4. The predicted octanol–water partition coefficient (Wildman–Crippen LogP) is 4.02. The number of carboxylic acid groups (broad SMARTS) is 1. The van der Waals surface area contributed by atoms with Crippen LogP contribution in [0.2, 0.25) is 5.02 Å². The number of aromatic carboxylic acids is 1. The largest absolute Gasteiger partial charge is 0.496 e. The summed E-state index contributed by atoms with van der Waals surface area (Å²) in [6.45, 7) is 1.94. The van der Waals surface area contributed by atoms with Gasteiger partial charge in [0.15, 0.2) is 0 Å². The number of halogens is 1. The molecule has 0 saturated heterocycles. The molecule has 0 heterocycles. The lowest BCUT2D eigenvalue weighted by atomic mass is 9.98. The molecule has 1 N–H and O–H groups in total. The van der Waals surface area contributed by atoms with Gasteiger partial charge in [0.25, 0.3) is 0 Å². The number of methoxy groups -OCH3 is 1. The van der Waals surface area contributed by atoms with Crippen LogP contribution in [0.15, 0.2) is 36.4 Å². The zero-order valence-corrected chi connectivity index (χ0v) is 11.4. The lowest BCUT2D eigenvalue weighted by Gasteiger charge is -2.10. The van der Waals surface area contributed by atoms with E-state index in [2.05, 4.69) is 0 Å². The van der Waals surface area contributed by atoms with Crippen LogP contribution in [0.1, 0.15) is 15.9 Å². The highest BCUT2D eigenvalue weighted by molar-refractivity contribution is 6.30. The zero-order valence-electron chi connectivity index (χ0n) is 10.6. The average Bonchev–Trinajstić information content (AvgIpc) is 2.38. The van der Waals surface area contributed by atoms with Crippen LogP contribution in [0.5, 0.6) is 5.75 Å². The second-order valence-corrected chi connectivity index (χ2v) is 4.62. The van der Waals surface area contributed by atoms with E-state index < -0.39 is 5.97 Å². The lowest BCUT2D eigenvalue weighted by molar-refractivity contribution is 0.0693. The van der Waals surface area contributed by atoms with Gasteiger partial charge in [-0.25, -0.2) is 4.79 Å². The molecule has 0 amide bonds. The summed E-state index contributed by atoms with van der Waals surface area (Å²) in [6, 6.07) is 10.6. The van der Waals surface area contributed by atoms with Crippen LogP contribution < -0.4 is 4.74 Å². The van der Waals surface area contributed by atoms with E-state index in [1.54, 1.807) is 18.2 Å². The van der Waals surface area contributed by atoms with Gasteiger partial charge in [0.05, 0.1) is 7.11 Å². The minimum Gasteiger partial charge on any atom is -0.496 e. The molecule has 0 aliphatic rings. The van der Waals surface area contributed by atoms with Crippen molar-refractivity contribution in [1.29, 1.82) is 0 Å². The fraction of sp³-hybridized carbons (Fsp3) is 0.133. The van der Waals surface area contributed by atoms with E-state index in [1.165, 1.54) is 7.11 Å². The van der Waals surface area contributed by atoms with Crippen molar-refractivity contribution >= 4 is 17.6 Å². The maximum atomic E-state index is 11.2. The van der Waals surface area contributed by atoms with Crippen molar-refractivity contribution in [2.24, 2.45) is 0 Å². The van der Waals surface area contributed by atoms with Crippen LogP contribution in [-0.2, 0) is 0 Å². The van der Waals surface area contributed by atoms with Crippen LogP contribution in [0.3, 0.4) is 0 Å². The first-order valence-corrected chi connectivity index (χ1v) is 6.08. The van der Waals surface area contributed by atoms with Crippen molar-refractivity contribution in [3.05, 3.63) is 52.5 Å². The van der Waals surface area contributed by atoms with Gasteiger partial charge in [-0.15, -0.1) is 0 Å². The molecule has 0 unspecified atom stereocenters. The van der Waals surface area contributed by atoms with Gasteiger partial charge in [-0.2, -0.15) is 0 Å². The van der Waals surface area contributed by atoms with Crippen LogP contribution in [0, 0.1) is 6.92 Å². The molecular formula is C15H13ClO3. The van der Waals surface area contributed by atoms with E-state index >= 15 is 0 Å². The van der Waals surface area contributed by atoms with E-state index in [1.807, 2.05) is 25.1 Å². The molecule has 3 nitrogen and oxygen atoms in total. The maximum Gasteiger partial charge on any atom is 0.339 e. The van der Waals surface area contributed by atoms with E-state index in [0.29, 0.717) is 10.8 Å². The van der Waals surface area contributed by atoms with Crippen LogP contribution in [0.25, 0.3) is 11.1 Å². The molecule has 19 heavy (non-hydrogen) atoms. The van der Waals surface area contributed by atoms with Crippen LogP contribution >= 0.6 is 11.6 Å². The van der Waals surface area contributed by atoms with Gasteiger partial charge < -0.3 is 9.84 Å². The third-order valence-corrected chi connectivity index (χ3v) is 3.16. The monoisotopic (exact) mass is 276 g/mol. The summed E-state index contributed by atoms with van der Waals surface area (Å²) in [4.78, 5) is 11.2. The number of rotatable bonds is 3. The molecule has 0 aromatic heterocycles. The minimum absolute atomic E-state index is 0.148. The SMILES string of the molecule is COc1ccc(-c2ccc(Cl)cc2C)cc1C(=O)O. The van der Waals surface area contributed by atoms with E-state index in [9.17, 15) is 9.90 Å². The Morgan fingerprint density at radius 2 is 1.95 bits per heavy atom. The molecule has 0 saturated carbocycles. The Morgan fingerprint density at radius 1 is 1.21 bits per heavy atom. The van der Waals surface area contributed by atoms with Crippen LogP contribution in [0.4, 0.5) is 0 Å². The third-order valence-electron chi connectivity index (χ3n) is 2.93. The number of carboxylic acids is 1. The topological polar surface area (TPSA) is 46.5 Å². The number of ether oxygens (including phenoxy) is 1. The first-order valence-electron chi connectivity index (χ1n) is 5.71. The number of hydrogen-bond acceptors (Lipinski definition) is 2. The predicted molar refractivity (Wildman–Crippen MR) is 75.1 cm³/mol. The molecule has 0 aliphatic heterocycles. The van der Waals surface area contributed by atoms with Gasteiger partial charge in [0, 0.05) is 5.02 Å².